The zero-order valence-corrected chi connectivity index (χ0v) is 24.6. The maximum Gasteiger partial charge on any atom is 0.264 e. The van der Waals surface area contributed by atoms with Crippen LogP contribution in [0.4, 0.5) is 5.69 Å². The molecule has 0 aliphatic carbocycles. The number of halogens is 1. The molecule has 3 aromatic carbocycles. The van der Waals surface area contributed by atoms with Crippen LogP contribution in [-0.4, -0.2) is 44.3 Å². The number of anilines is 1. The first-order chi connectivity index (χ1) is 18.4. The van der Waals surface area contributed by atoms with Crippen molar-refractivity contribution in [2.24, 2.45) is 5.92 Å². The van der Waals surface area contributed by atoms with Gasteiger partial charge in [0.2, 0.25) is 11.8 Å². The van der Waals surface area contributed by atoms with Crippen molar-refractivity contribution < 1.29 is 18.0 Å². The minimum Gasteiger partial charge on any atom is -0.354 e. The molecule has 0 aliphatic rings. The fourth-order valence-corrected chi connectivity index (χ4v) is 5.56. The molecule has 0 heterocycles. The Hall–Kier alpha value is -3.36. The fraction of sp³-hybridized carbons (Fsp3) is 0.333. The van der Waals surface area contributed by atoms with Crippen LogP contribution in [0.25, 0.3) is 0 Å². The molecule has 0 aromatic heterocycles. The van der Waals surface area contributed by atoms with Crippen LogP contribution < -0.4 is 9.62 Å². The summed E-state index contributed by atoms with van der Waals surface area (Å²) in [5.74, 6) is -0.558. The van der Waals surface area contributed by atoms with Crippen LogP contribution in [0.1, 0.15) is 37.5 Å². The van der Waals surface area contributed by atoms with E-state index in [2.05, 4.69) is 5.32 Å². The van der Waals surface area contributed by atoms with Gasteiger partial charge in [-0.1, -0.05) is 73.0 Å². The van der Waals surface area contributed by atoms with E-state index in [4.69, 9.17) is 11.6 Å². The van der Waals surface area contributed by atoms with E-state index in [1.807, 2.05) is 52.0 Å². The van der Waals surface area contributed by atoms with Gasteiger partial charge in [-0.05, 0) is 68.7 Å². The summed E-state index contributed by atoms with van der Waals surface area (Å²) < 4.78 is 28.7. The normalized spacial score (nSPS) is 12.2. The van der Waals surface area contributed by atoms with Crippen molar-refractivity contribution in [3.8, 4) is 0 Å². The molecule has 1 atom stereocenters. The average molecular weight is 570 g/mol. The van der Waals surface area contributed by atoms with E-state index in [1.54, 1.807) is 31.2 Å². The molecule has 0 spiro atoms. The van der Waals surface area contributed by atoms with E-state index in [1.165, 1.54) is 29.2 Å². The number of carbonyl (C=O) groups is 2. The van der Waals surface area contributed by atoms with Crippen molar-refractivity contribution in [2.75, 3.05) is 17.4 Å². The maximum absolute atomic E-state index is 13.9. The van der Waals surface area contributed by atoms with Crippen LogP contribution >= 0.6 is 11.6 Å². The van der Waals surface area contributed by atoms with Crippen molar-refractivity contribution in [2.45, 2.75) is 52.1 Å². The van der Waals surface area contributed by atoms with Gasteiger partial charge in [-0.3, -0.25) is 13.9 Å². The van der Waals surface area contributed by atoms with E-state index in [0.717, 1.165) is 21.0 Å². The molecule has 0 radical (unpaired) electrons. The monoisotopic (exact) mass is 569 g/mol. The highest BCUT2D eigenvalue weighted by Crippen LogP contribution is 2.26. The second kappa shape index (κ2) is 13.1. The smallest absolute Gasteiger partial charge is 0.264 e. The summed E-state index contributed by atoms with van der Waals surface area (Å²) in [7, 11) is -4.13. The number of aryl methyl sites for hydroxylation is 2. The SMILES string of the molecule is Cc1ccc(N(CC(=O)N(Cc2cccc(C)c2)C(C)C(=O)NCC(C)C)S(=O)(=O)c2ccc(Cl)cc2)cc1. The zero-order valence-electron chi connectivity index (χ0n) is 23.0. The van der Waals surface area contributed by atoms with Gasteiger partial charge in [0.25, 0.3) is 10.0 Å². The second-order valence-corrected chi connectivity index (χ2v) is 12.4. The Balaban J connectivity index is 2.01. The predicted molar refractivity (Wildman–Crippen MR) is 156 cm³/mol. The summed E-state index contributed by atoms with van der Waals surface area (Å²) in [4.78, 5) is 28.4. The minimum absolute atomic E-state index is 0.00762. The first kappa shape index (κ1) is 30.2. The number of nitrogens with one attached hydrogen (secondary N) is 1. The number of benzene rings is 3. The molecule has 3 aromatic rings. The molecule has 0 saturated carbocycles. The zero-order chi connectivity index (χ0) is 28.7. The topological polar surface area (TPSA) is 86.8 Å². The third-order valence-electron chi connectivity index (χ3n) is 6.29. The van der Waals surface area contributed by atoms with Gasteiger partial charge in [-0.2, -0.15) is 0 Å². The number of amides is 2. The molecule has 208 valence electrons. The number of sulfonamides is 1. The van der Waals surface area contributed by atoms with Crippen LogP contribution in [0.2, 0.25) is 5.02 Å². The first-order valence-electron chi connectivity index (χ1n) is 12.9. The lowest BCUT2D eigenvalue weighted by Crippen LogP contribution is -2.51. The van der Waals surface area contributed by atoms with Gasteiger partial charge in [-0.15, -0.1) is 0 Å². The van der Waals surface area contributed by atoms with Gasteiger partial charge in [0, 0.05) is 18.1 Å². The summed E-state index contributed by atoms with van der Waals surface area (Å²) in [6.07, 6.45) is 0. The molecule has 9 heteroatoms. The van der Waals surface area contributed by atoms with E-state index < -0.39 is 28.5 Å². The van der Waals surface area contributed by atoms with Crippen LogP contribution in [-0.2, 0) is 26.2 Å². The van der Waals surface area contributed by atoms with E-state index in [0.29, 0.717) is 17.3 Å². The molecule has 0 aliphatic heterocycles. The summed E-state index contributed by atoms with van der Waals surface area (Å²) in [5, 5.41) is 3.29. The number of hydrogen-bond acceptors (Lipinski definition) is 4. The molecule has 1 N–H and O–H groups in total. The number of rotatable bonds is 11. The highest BCUT2D eigenvalue weighted by molar-refractivity contribution is 7.92. The predicted octanol–water partition coefficient (Wildman–Crippen LogP) is 5.34. The Morgan fingerprint density at radius 3 is 2.13 bits per heavy atom. The van der Waals surface area contributed by atoms with Crippen molar-refractivity contribution in [1.29, 1.82) is 0 Å². The quantitative estimate of drug-likeness (QED) is 0.338. The number of carbonyl (C=O) groups excluding carboxylic acids is 2. The molecule has 3 rings (SSSR count). The Morgan fingerprint density at radius 2 is 1.54 bits per heavy atom. The molecule has 39 heavy (non-hydrogen) atoms. The number of hydrogen-bond donors (Lipinski definition) is 1. The van der Waals surface area contributed by atoms with Crippen LogP contribution in [0.3, 0.4) is 0 Å². The molecule has 0 fully saturated rings. The average Bonchev–Trinajstić information content (AvgIpc) is 2.89. The maximum atomic E-state index is 13.9. The summed E-state index contributed by atoms with van der Waals surface area (Å²) >= 11 is 5.99. The first-order valence-corrected chi connectivity index (χ1v) is 14.7. The van der Waals surface area contributed by atoms with E-state index in [9.17, 15) is 18.0 Å². The van der Waals surface area contributed by atoms with Crippen molar-refractivity contribution in [3.63, 3.8) is 0 Å². The molecule has 7 nitrogen and oxygen atoms in total. The lowest BCUT2D eigenvalue weighted by molar-refractivity contribution is -0.139. The molecular formula is C30H36ClN3O4S. The van der Waals surface area contributed by atoms with Crippen molar-refractivity contribution in [3.05, 3.63) is 94.5 Å². The largest absolute Gasteiger partial charge is 0.354 e. The van der Waals surface area contributed by atoms with Gasteiger partial charge in [0.1, 0.15) is 12.6 Å². The fourth-order valence-electron chi connectivity index (χ4n) is 4.02. The Labute approximate surface area is 236 Å². The number of nitrogens with zero attached hydrogens (tertiary/aromatic N) is 2. The van der Waals surface area contributed by atoms with Gasteiger partial charge in [-0.25, -0.2) is 8.42 Å². The van der Waals surface area contributed by atoms with Crippen LogP contribution in [0.5, 0.6) is 0 Å². The molecule has 2 amide bonds. The minimum atomic E-state index is -4.13. The standard InChI is InChI=1S/C30H36ClN3O4S/c1-21(2)18-32-30(36)24(5)33(19-25-8-6-7-23(4)17-25)29(35)20-34(27-13-9-22(3)10-14-27)39(37,38)28-15-11-26(31)12-16-28/h6-17,21,24H,18-20H2,1-5H3,(H,32,36). The Kier molecular flexibility index (Phi) is 10.2. The molecular weight excluding hydrogens is 534 g/mol. The van der Waals surface area contributed by atoms with Crippen LogP contribution in [0, 0.1) is 19.8 Å². The highest BCUT2D eigenvalue weighted by Gasteiger charge is 2.32. The van der Waals surface area contributed by atoms with Gasteiger partial charge in [0.05, 0.1) is 10.6 Å². The second-order valence-electron chi connectivity index (χ2n) is 10.1. The van der Waals surface area contributed by atoms with Crippen LogP contribution in [0.15, 0.2) is 77.7 Å². The van der Waals surface area contributed by atoms with E-state index >= 15 is 0 Å². The third-order valence-corrected chi connectivity index (χ3v) is 8.33. The highest BCUT2D eigenvalue weighted by atomic mass is 35.5. The third kappa shape index (κ3) is 8.07. The summed E-state index contributed by atoms with van der Waals surface area (Å²) in [6, 6.07) is 19.6. The van der Waals surface area contributed by atoms with Gasteiger partial charge >= 0.3 is 0 Å². The van der Waals surface area contributed by atoms with Crippen molar-refractivity contribution >= 4 is 39.1 Å². The lowest BCUT2D eigenvalue weighted by Gasteiger charge is -2.32. The molecule has 0 saturated heterocycles. The van der Waals surface area contributed by atoms with E-state index in [-0.39, 0.29) is 23.3 Å². The summed E-state index contributed by atoms with van der Waals surface area (Å²) in [5.41, 5.74) is 3.15. The molecule has 1 unspecified atom stereocenters. The summed E-state index contributed by atoms with van der Waals surface area (Å²) in [6.45, 7) is 9.62. The Bertz CT molecular complexity index is 1390. The van der Waals surface area contributed by atoms with Gasteiger partial charge < -0.3 is 10.2 Å². The molecule has 0 bridgehead atoms. The van der Waals surface area contributed by atoms with Gasteiger partial charge in [0.15, 0.2) is 0 Å². The Morgan fingerprint density at radius 1 is 0.897 bits per heavy atom. The van der Waals surface area contributed by atoms with Crippen molar-refractivity contribution in [1.82, 2.24) is 10.2 Å². The lowest BCUT2D eigenvalue weighted by atomic mass is 10.1.